The number of carbonyl (C=O) groups excluding carboxylic acids is 1. The number of amides is 2. The van der Waals surface area contributed by atoms with Crippen molar-refractivity contribution in [2.45, 2.75) is 44.3 Å². The Hall–Kier alpha value is -1.59. The van der Waals surface area contributed by atoms with Gasteiger partial charge < -0.3 is 15.5 Å². The molecule has 0 saturated carbocycles. The van der Waals surface area contributed by atoms with Crippen LogP contribution in [-0.2, 0) is 6.54 Å². The molecule has 0 atom stereocenters. The number of hydrogen-bond acceptors (Lipinski definition) is 3. The van der Waals surface area contributed by atoms with Crippen LogP contribution in [0.15, 0.2) is 30.3 Å². The Kier molecular flexibility index (Phi) is 6.10. The molecule has 0 aliphatic carbocycles. The molecule has 0 aromatic heterocycles. The van der Waals surface area contributed by atoms with Gasteiger partial charge in [-0.3, -0.25) is 4.90 Å². The number of urea groups is 1. The van der Waals surface area contributed by atoms with E-state index in [0.29, 0.717) is 12.1 Å². The van der Waals surface area contributed by atoms with Crippen molar-refractivity contribution < 1.29 is 4.79 Å². The molecule has 5 nitrogen and oxygen atoms in total. The molecule has 3 rings (SSSR count). The smallest absolute Gasteiger partial charge is 0.315 e. The van der Waals surface area contributed by atoms with E-state index in [0.717, 1.165) is 58.4 Å². The van der Waals surface area contributed by atoms with Gasteiger partial charge in [0.25, 0.3) is 0 Å². The number of piperidine rings is 2. The predicted molar refractivity (Wildman–Crippen MR) is 96.9 cm³/mol. The number of carbonyl (C=O) groups is 1. The molecule has 0 spiro atoms. The molecule has 2 heterocycles. The van der Waals surface area contributed by atoms with Crippen LogP contribution in [0.1, 0.15) is 31.2 Å². The fourth-order valence-electron chi connectivity index (χ4n) is 3.64. The van der Waals surface area contributed by atoms with Crippen molar-refractivity contribution >= 4 is 6.03 Å². The third-order valence-electron chi connectivity index (χ3n) is 5.23. The van der Waals surface area contributed by atoms with Crippen LogP contribution in [0.25, 0.3) is 0 Å². The minimum absolute atomic E-state index is 0.0195. The van der Waals surface area contributed by atoms with Gasteiger partial charge in [-0.25, -0.2) is 4.79 Å². The molecule has 2 saturated heterocycles. The Labute approximate surface area is 145 Å². The number of benzene rings is 1. The van der Waals surface area contributed by atoms with Crippen molar-refractivity contribution in [1.82, 2.24) is 20.4 Å². The largest absolute Gasteiger partial charge is 0.335 e. The average molecular weight is 330 g/mol. The quantitative estimate of drug-likeness (QED) is 0.888. The van der Waals surface area contributed by atoms with E-state index in [2.05, 4.69) is 57.8 Å². The molecule has 1 aromatic carbocycles. The Balaban J connectivity index is 1.35. The molecule has 2 aliphatic rings. The summed E-state index contributed by atoms with van der Waals surface area (Å²) in [5, 5.41) is 6.32. The van der Waals surface area contributed by atoms with E-state index in [1.807, 2.05) is 0 Å². The van der Waals surface area contributed by atoms with E-state index in [9.17, 15) is 4.79 Å². The molecule has 2 aliphatic heterocycles. The van der Waals surface area contributed by atoms with Gasteiger partial charge in [-0.2, -0.15) is 0 Å². The molecule has 2 N–H and O–H groups in total. The second kappa shape index (κ2) is 8.49. The molecule has 132 valence electrons. The lowest BCUT2D eigenvalue weighted by molar-refractivity contribution is 0.181. The zero-order chi connectivity index (χ0) is 16.8. The van der Waals surface area contributed by atoms with Gasteiger partial charge in [0.05, 0.1) is 0 Å². The van der Waals surface area contributed by atoms with Crippen LogP contribution >= 0.6 is 0 Å². The number of hydrogen-bond donors (Lipinski definition) is 2. The summed E-state index contributed by atoms with van der Waals surface area (Å²) in [6, 6.07) is 11.3. The summed E-state index contributed by atoms with van der Waals surface area (Å²) in [6.07, 6.45) is 4.18. The lowest BCUT2D eigenvalue weighted by atomic mass is 10.0. The zero-order valence-electron chi connectivity index (χ0n) is 14.7. The number of likely N-dealkylation sites (tertiary alicyclic amines) is 2. The van der Waals surface area contributed by atoms with Crippen LogP contribution in [0.4, 0.5) is 4.79 Å². The second-order valence-corrected chi connectivity index (χ2v) is 7.23. The summed E-state index contributed by atoms with van der Waals surface area (Å²) in [6.45, 7) is 5.25. The summed E-state index contributed by atoms with van der Waals surface area (Å²) in [4.78, 5) is 17.0. The van der Waals surface area contributed by atoms with E-state index in [1.54, 1.807) is 0 Å². The predicted octanol–water partition coefficient (Wildman–Crippen LogP) is 2.04. The highest BCUT2D eigenvalue weighted by Gasteiger charge is 2.23. The fraction of sp³-hybridized carbons (Fsp3) is 0.632. The highest BCUT2D eigenvalue weighted by Crippen LogP contribution is 2.14. The lowest BCUT2D eigenvalue weighted by Gasteiger charge is -2.33. The van der Waals surface area contributed by atoms with Gasteiger partial charge in [-0.15, -0.1) is 0 Å². The normalized spacial score (nSPS) is 21.5. The molecular formula is C19H30N4O. The van der Waals surface area contributed by atoms with Crippen molar-refractivity contribution in [3.05, 3.63) is 35.9 Å². The molecule has 0 radical (unpaired) electrons. The Morgan fingerprint density at radius 1 is 0.958 bits per heavy atom. The first kappa shape index (κ1) is 17.2. The summed E-state index contributed by atoms with van der Waals surface area (Å²) < 4.78 is 0. The number of nitrogens with one attached hydrogen (secondary N) is 2. The van der Waals surface area contributed by atoms with Crippen molar-refractivity contribution in [3.8, 4) is 0 Å². The SMILES string of the molecule is CN1CCC(NC(=O)NC2CCN(Cc3ccccc3)CC2)CC1. The van der Waals surface area contributed by atoms with Gasteiger partial charge in [-0.05, 0) is 51.4 Å². The minimum atomic E-state index is 0.0195. The van der Waals surface area contributed by atoms with Crippen LogP contribution in [0.3, 0.4) is 0 Å². The van der Waals surface area contributed by atoms with Crippen LogP contribution in [0.5, 0.6) is 0 Å². The summed E-state index contributed by atoms with van der Waals surface area (Å²) in [5.41, 5.74) is 1.36. The van der Waals surface area contributed by atoms with Crippen molar-refractivity contribution in [2.24, 2.45) is 0 Å². The Bertz CT molecular complexity index is 505. The van der Waals surface area contributed by atoms with Gasteiger partial charge >= 0.3 is 6.03 Å². The van der Waals surface area contributed by atoms with E-state index in [1.165, 1.54) is 5.56 Å². The number of nitrogens with zero attached hydrogens (tertiary/aromatic N) is 2. The third kappa shape index (κ3) is 5.21. The van der Waals surface area contributed by atoms with E-state index in [4.69, 9.17) is 0 Å². The molecule has 24 heavy (non-hydrogen) atoms. The van der Waals surface area contributed by atoms with E-state index in [-0.39, 0.29) is 6.03 Å². The van der Waals surface area contributed by atoms with Crippen molar-refractivity contribution in [2.75, 3.05) is 33.2 Å². The Morgan fingerprint density at radius 3 is 2.08 bits per heavy atom. The summed E-state index contributed by atoms with van der Waals surface area (Å²) in [5.74, 6) is 0. The third-order valence-corrected chi connectivity index (χ3v) is 5.23. The maximum atomic E-state index is 12.2. The molecular weight excluding hydrogens is 300 g/mol. The fourth-order valence-corrected chi connectivity index (χ4v) is 3.64. The van der Waals surface area contributed by atoms with Crippen LogP contribution in [0, 0.1) is 0 Å². The van der Waals surface area contributed by atoms with Gasteiger partial charge in [0, 0.05) is 31.7 Å². The van der Waals surface area contributed by atoms with E-state index >= 15 is 0 Å². The highest BCUT2D eigenvalue weighted by molar-refractivity contribution is 5.74. The van der Waals surface area contributed by atoms with E-state index < -0.39 is 0 Å². The first-order chi connectivity index (χ1) is 11.7. The van der Waals surface area contributed by atoms with Gasteiger partial charge in [-0.1, -0.05) is 30.3 Å². The summed E-state index contributed by atoms with van der Waals surface area (Å²) >= 11 is 0. The summed E-state index contributed by atoms with van der Waals surface area (Å²) in [7, 11) is 2.14. The molecule has 2 amide bonds. The van der Waals surface area contributed by atoms with Crippen LogP contribution < -0.4 is 10.6 Å². The standard InChI is InChI=1S/C19H30N4O/c1-22-11-7-17(8-12-22)20-19(24)21-18-9-13-23(14-10-18)15-16-5-3-2-4-6-16/h2-6,17-18H,7-15H2,1H3,(H2,20,21,24). The van der Waals surface area contributed by atoms with Crippen molar-refractivity contribution in [3.63, 3.8) is 0 Å². The first-order valence-corrected chi connectivity index (χ1v) is 9.21. The zero-order valence-corrected chi connectivity index (χ0v) is 14.7. The molecule has 5 heteroatoms. The van der Waals surface area contributed by atoms with Gasteiger partial charge in [0.2, 0.25) is 0 Å². The van der Waals surface area contributed by atoms with Gasteiger partial charge in [0.1, 0.15) is 0 Å². The van der Waals surface area contributed by atoms with Crippen LogP contribution in [-0.4, -0.2) is 61.1 Å². The molecule has 0 bridgehead atoms. The Morgan fingerprint density at radius 2 is 1.50 bits per heavy atom. The number of rotatable bonds is 4. The first-order valence-electron chi connectivity index (χ1n) is 9.21. The molecule has 2 fully saturated rings. The molecule has 1 aromatic rings. The minimum Gasteiger partial charge on any atom is -0.335 e. The monoisotopic (exact) mass is 330 g/mol. The second-order valence-electron chi connectivity index (χ2n) is 7.23. The molecule has 0 unspecified atom stereocenters. The average Bonchev–Trinajstić information content (AvgIpc) is 2.60. The highest BCUT2D eigenvalue weighted by atomic mass is 16.2. The van der Waals surface area contributed by atoms with Crippen LogP contribution in [0.2, 0.25) is 0 Å². The van der Waals surface area contributed by atoms with Crippen molar-refractivity contribution in [1.29, 1.82) is 0 Å². The lowest BCUT2D eigenvalue weighted by Crippen LogP contribution is -2.51. The maximum Gasteiger partial charge on any atom is 0.315 e. The topological polar surface area (TPSA) is 47.6 Å². The van der Waals surface area contributed by atoms with Gasteiger partial charge in [0.15, 0.2) is 0 Å². The maximum absolute atomic E-state index is 12.2.